The van der Waals surface area contributed by atoms with Gasteiger partial charge in [-0.2, -0.15) is 0 Å². The molecule has 0 atom stereocenters. The van der Waals surface area contributed by atoms with Gasteiger partial charge in [0.1, 0.15) is 6.54 Å². The van der Waals surface area contributed by atoms with E-state index in [-0.39, 0.29) is 24.4 Å². The van der Waals surface area contributed by atoms with E-state index in [9.17, 15) is 9.59 Å². The van der Waals surface area contributed by atoms with Crippen LogP contribution in [-0.4, -0.2) is 34.3 Å². The normalized spacial score (nSPS) is 10.7. The summed E-state index contributed by atoms with van der Waals surface area (Å²) in [5.74, 6) is -0.503. The third-order valence-electron chi connectivity index (χ3n) is 3.14. The first-order valence-electron chi connectivity index (χ1n) is 7.15. The fourth-order valence-corrected chi connectivity index (χ4v) is 2.87. The number of carbonyl (C=O) groups excluding carboxylic acids is 2. The Kier molecular flexibility index (Phi) is 5.74. The van der Waals surface area contributed by atoms with Crippen LogP contribution >= 0.6 is 22.9 Å². The monoisotopic (exact) mass is 351 g/mol. The summed E-state index contributed by atoms with van der Waals surface area (Å²) >= 11 is 7.33. The van der Waals surface area contributed by atoms with E-state index < -0.39 is 0 Å². The van der Waals surface area contributed by atoms with E-state index in [1.54, 1.807) is 30.5 Å². The van der Waals surface area contributed by atoms with E-state index in [1.807, 2.05) is 20.8 Å². The number of thiazole rings is 1. The van der Waals surface area contributed by atoms with Gasteiger partial charge in [0, 0.05) is 27.7 Å². The maximum atomic E-state index is 12.6. The second-order valence-electron chi connectivity index (χ2n) is 5.36. The van der Waals surface area contributed by atoms with Crippen molar-refractivity contribution >= 4 is 39.9 Å². The minimum absolute atomic E-state index is 0.0400. The van der Waals surface area contributed by atoms with Gasteiger partial charge >= 0.3 is 0 Å². The molecule has 2 rings (SSSR count). The Balaban J connectivity index is 2.09. The van der Waals surface area contributed by atoms with Gasteiger partial charge in [0.05, 0.1) is 0 Å². The van der Waals surface area contributed by atoms with E-state index in [0.717, 1.165) is 4.88 Å². The molecule has 2 aromatic rings. The number of nitrogens with one attached hydrogen (secondary N) is 1. The molecule has 2 amide bonds. The number of amides is 2. The quantitative estimate of drug-likeness (QED) is 0.895. The number of aromatic nitrogens is 1. The van der Waals surface area contributed by atoms with Gasteiger partial charge in [-0.1, -0.05) is 17.7 Å². The topological polar surface area (TPSA) is 62.3 Å². The molecule has 0 fully saturated rings. The highest BCUT2D eigenvalue weighted by Gasteiger charge is 2.22. The van der Waals surface area contributed by atoms with E-state index >= 15 is 0 Å². The molecule has 1 N–H and O–H groups in total. The zero-order valence-corrected chi connectivity index (χ0v) is 14.7. The summed E-state index contributed by atoms with van der Waals surface area (Å²) in [6.45, 7) is 5.60. The Hall–Kier alpha value is -1.92. The van der Waals surface area contributed by atoms with Gasteiger partial charge in [-0.25, -0.2) is 4.98 Å². The Morgan fingerprint density at radius 1 is 1.39 bits per heavy atom. The predicted molar refractivity (Wildman–Crippen MR) is 93.1 cm³/mol. The minimum atomic E-state index is -0.275. The van der Waals surface area contributed by atoms with Crippen LogP contribution in [0.5, 0.6) is 0 Å². The van der Waals surface area contributed by atoms with Crippen LogP contribution in [0.2, 0.25) is 5.02 Å². The molecule has 7 heteroatoms. The number of halogens is 1. The number of anilines is 1. The van der Waals surface area contributed by atoms with Crippen molar-refractivity contribution in [1.29, 1.82) is 0 Å². The van der Waals surface area contributed by atoms with Crippen molar-refractivity contribution in [1.82, 2.24) is 9.88 Å². The highest BCUT2D eigenvalue weighted by Crippen LogP contribution is 2.17. The highest BCUT2D eigenvalue weighted by atomic mass is 35.5. The molecule has 0 aliphatic heterocycles. The van der Waals surface area contributed by atoms with Crippen LogP contribution in [0.1, 0.15) is 29.1 Å². The van der Waals surface area contributed by atoms with Gasteiger partial charge in [0.15, 0.2) is 5.13 Å². The van der Waals surface area contributed by atoms with Gasteiger partial charge in [-0.15, -0.1) is 11.3 Å². The molecule has 0 spiro atoms. The van der Waals surface area contributed by atoms with Crippen molar-refractivity contribution in [2.24, 2.45) is 0 Å². The van der Waals surface area contributed by atoms with Crippen molar-refractivity contribution in [3.05, 3.63) is 45.9 Å². The van der Waals surface area contributed by atoms with Gasteiger partial charge < -0.3 is 10.2 Å². The second-order valence-corrected chi connectivity index (χ2v) is 7.03. The summed E-state index contributed by atoms with van der Waals surface area (Å²) in [5.41, 5.74) is 0.462. The first-order valence-corrected chi connectivity index (χ1v) is 8.35. The van der Waals surface area contributed by atoms with E-state index in [4.69, 9.17) is 11.6 Å². The first-order chi connectivity index (χ1) is 10.9. The molecule has 0 aliphatic carbocycles. The van der Waals surface area contributed by atoms with Crippen molar-refractivity contribution in [2.75, 3.05) is 11.9 Å². The molecular formula is C16H18ClN3O2S. The molecule has 1 heterocycles. The number of rotatable bonds is 5. The zero-order valence-electron chi connectivity index (χ0n) is 13.2. The lowest BCUT2D eigenvalue weighted by molar-refractivity contribution is -0.117. The Morgan fingerprint density at radius 3 is 2.70 bits per heavy atom. The highest BCUT2D eigenvalue weighted by molar-refractivity contribution is 7.15. The van der Waals surface area contributed by atoms with Crippen LogP contribution in [0, 0.1) is 6.92 Å². The minimum Gasteiger partial charge on any atom is -0.327 e. The fraction of sp³-hybridized carbons (Fsp3) is 0.312. The summed E-state index contributed by atoms with van der Waals surface area (Å²) in [7, 11) is 0. The SMILES string of the molecule is Cc1cnc(NC(=O)CN(C(=O)c2cccc(Cl)c2)C(C)C)s1. The fourth-order valence-electron chi connectivity index (χ4n) is 2.00. The molecule has 122 valence electrons. The maximum absolute atomic E-state index is 12.6. The molecule has 0 aliphatic rings. The largest absolute Gasteiger partial charge is 0.327 e. The number of nitrogens with zero attached hydrogens (tertiary/aromatic N) is 2. The first kappa shape index (κ1) is 17.4. The Labute approximate surface area is 144 Å². The summed E-state index contributed by atoms with van der Waals surface area (Å²) < 4.78 is 0. The standard InChI is InChI=1S/C16H18ClN3O2S/c1-10(2)20(15(22)12-5-4-6-13(17)7-12)9-14(21)19-16-18-8-11(3)23-16/h4-8,10H,9H2,1-3H3,(H,18,19,21). The van der Waals surface area contributed by atoms with Crippen LogP contribution in [0.15, 0.2) is 30.5 Å². The second kappa shape index (κ2) is 7.57. The van der Waals surface area contributed by atoms with Crippen LogP contribution in [0.4, 0.5) is 5.13 Å². The molecule has 1 aromatic carbocycles. The van der Waals surface area contributed by atoms with Crippen molar-refractivity contribution in [2.45, 2.75) is 26.8 Å². The molecule has 0 bridgehead atoms. The van der Waals surface area contributed by atoms with Crippen molar-refractivity contribution < 1.29 is 9.59 Å². The lowest BCUT2D eigenvalue weighted by Crippen LogP contribution is -2.42. The molecule has 23 heavy (non-hydrogen) atoms. The average molecular weight is 352 g/mol. The molecule has 0 radical (unpaired) electrons. The molecule has 5 nitrogen and oxygen atoms in total. The van der Waals surface area contributed by atoms with Gasteiger partial charge in [-0.3, -0.25) is 9.59 Å². The molecule has 1 aromatic heterocycles. The maximum Gasteiger partial charge on any atom is 0.254 e. The molecule has 0 saturated heterocycles. The van der Waals surface area contributed by atoms with Gasteiger partial charge in [0.2, 0.25) is 5.91 Å². The number of carbonyl (C=O) groups is 2. The van der Waals surface area contributed by atoms with E-state index in [2.05, 4.69) is 10.3 Å². The number of benzene rings is 1. The van der Waals surface area contributed by atoms with Gasteiger partial charge in [0.25, 0.3) is 5.91 Å². The zero-order chi connectivity index (χ0) is 17.0. The molecule has 0 unspecified atom stereocenters. The third-order valence-corrected chi connectivity index (χ3v) is 4.20. The molecular weight excluding hydrogens is 334 g/mol. The van der Waals surface area contributed by atoms with E-state index in [1.165, 1.54) is 16.2 Å². The molecule has 0 saturated carbocycles. The summed E-state index contributed by atoms with van der Waals surface area (Å²) in [6.07, 6.45) is 1.69. The summed E-state index contributed by atoms with van der Waals surface area (Å²) in [6, 6.07) is 6.58. The van der Waals surface area contributed by atoms with Crippen LogP contribution in [-0.2, 0) is 4.79 Å². The number of aryl methyl sites for hydroxylation is 1. The van der Waals surface area contributed by atoms with Crippen molar-refractivity contribution in [3.8, 4) is 0 Å². The van der Waals surface area contributed by atoms with Crippen molar-refractivity contribution in [3.63, 3.8) is 0 Å². The van der Waals surface area contributed by atoms with Crippen LogP contribution < -0.4 is 5.32 Å². The lowest BCUT2D eigenvalue weighted by atomic mass is 10.1. The average Bonchev–Trinajstić information content (AvgIpc) is 2.89. The van der Waals surface area contributed by atoms with Crippen LogP contribution in [0.3, 0.4) is 0 Å². The van der Waals surface area contributed by atoms with Crippen LogP contribution in [0.25, 0.3) is 0 Å². The Morgan fingerprint density at radius 2 is 2.13 bits per heavy atom. The number of hydrogen-bond acceptors (Lipinski definition) is 4. The van der Waals surface area contributed by atoms with E-state index in [0.29, 0.717) is 15.7 Å². The summed E-state index contributed by atoms with van der Waals surface area (Å²) in [5, 5.41) is 3.74. The number of hydrogen-bond donors (Lipinski definition) is 1. The lowest BCUT2D eigenvalue weighted by Gasteiger charge is -2.26. The smallest absolute Gasteiger partial charge is 0.254 e. The van der Waals surface area contributed by atoms with Gasteiger partial charge in [-0.05, 0) is 39.0 Å². The predicted octanol–water partition coefficient (Wildman–Crippen LogP) is 3.59. The Bertz CT molecular complexity index is 715. The summed E-state index contributed by atoms with van der Waals surface area (Å²) in [4.78, 5) is 31.4. The third kappa shape index (κ3) is 4.77.